The van der Waals surface area contributed by atoms with Gasteiger partial charge in [-0.15, -0.1) is 0 Å². The number of hydrogen-bond donors (Lipinski definition) is 1. The predicted octanol–water partition coefficient (Wildman–Crippen LogP) is 0.965. The van der Waals surface area contributed by atoms with E-state index in [1.54, 1.807) is 0 Å². The zero-order chi connectivity index (χ0) is 7.61. The smallest absolute Gasteiger partial charge is 0.139 e. The van der Waals surface area contributed by atoms with Crippen LogP contribution < -0.4 is 5.32 Å². The summed E-state index contributed by atoms with van der Waals surface area (Å²) in [6.07, 6.45) is 1.68. The maximum atomic E-state index is 11.3. The molecule has 0 bridgehead atoms. The summed E-state index contributed by atoms with van der Waals surface area (Å²) in [6.45, 7) is 5.91. The molecule has 1 rings (SSSR count). The summed E-state index contributed by atoms with van der Waals surface area (Å²) in [6, 6.07) is 0. The van der Waals surface area contributed by atoms with Crippen LogP contribution in [0.1, 0.15) is 26.7 Å². The van der Waals surface area contributed by atoms with Crippen LogP contribution in [0.15, 0.2) is 0 Å². The lowest BCUT2D eigenvalue weighted by molar-refractivity contribution is -0.126. The van der Waals surface area contributed by atoms with Crippen molar-refractivity contribution in [3.8, 4) is 0 Å². The largest absolute Gasteiger partial charge is 0.316 e. The van der Waals surface area contributed by atoms with Crippen molar-refractivity contribution in [1.29, 1.82) is 0 Å². The van der Waals surface area contributed by atoms with Crippen LogP contribution in [0.25, 0.3) is 0 Å². The lowest BCUT2D eigenvalue weighted by atomic mass is 9.84. The van der Waals surface area contributed by atoms with E-state index < -0.39 is 0 Å². The minimum absolute atomic E-state index is 0.0799. The Balaban J connectivity index is 2.61. The lowest BCUT2D eigenvalue weighted by Gasteiger charge is -2.18. The van der Waals surface area contributed by atoms with Crippen LogP contribution in [-0.2, 0) is 4.79 Å². The predicted molar refractivity (Wildman–Crippen MR) is 40.9 cm³/mol. The van der Waals surface area contributed by atoms with E-state index in [0.717, 1.165) is 19.5 Å². The van der Waals surface area contributed by atoms with Gasteiger partial charge in [0.15, 0.2) is 0 Å². The molecule has 0 aromatic heterocycles. The van der Waals surface area contributed by atoms with E-state index in [1.165, 1.54) is 0 Å². The average molecular weight is 141 g/mol. The summed E-state index contributed by atoms with van der Waals surface area (Å²) < 4.78 is 0. The van der Waals surface area contributed by atoms with Gasteiger partial charge in [-0.2, -0.15) is 0 Å². The highest BCUT2D eigenvalue weighted by Gasteiger charge is 2.27. The summed E-state index contributed by atoms with van der Waals surface area (Å²) in [5.41, 5.74) is -0.0799. The van der Waals surface area contributed by atoms with Gasteiger partial charge in [0.1, 0.15) is 5.78 Å². The van der Waals surface area contributed by atoms with Crippen LogP contribution in [0.4, 0.5) is 0 Å². The lowest BCUT2D eigenvalue weighted by Crippen LogP contribution is -2.23. The van der Waals surface area contributed by atoms with Crippen molar-refractivity contribution in [2.45, 2.75) is 26.7 Å². The molecule has 2 nitrogen and oxygen atoms in total. The molecule has 2 heteroatoms. The second kappa shape index (κ2) is 2.70. The fourth-order valence-electron chi connectivity index (χ4n) is 1.21. The molecule has 0 atom stereocenters. The number of rotatable bonds is 0. The zero-order valence-electron chi connectivity index (χ0n) is 6.74. The number of carbonyl (C=O) groups excluding carboxylic acids is 1. The molecule has 1 fully saturated rings. The summed E-state index contributed by atoms with van der Waals surface area (Å²) in [5.74, 6) is 0.400. The molecule has 0 spiro atoms. The van der Waals surface area contributed by atoms with Gasteiger partial charge in [-0.05, 0) is 13.0 Å². The Hall–Kier alpha value is -0.370. The number of hydrogen-bond acceptors (Lipinski definition) is 2. The Kier molecular flexibility index (Phi) is 2.09. The first kappa shape index (κ1) is 7.73. The van der Waals surface area contributed by atoms with Crippen molar-refractivity contribution in [3.63, 3.8) is 0 Å². The van der Waals surface area contributed by atoms with Gasteiger partial charge in [-0.3, -0.25) is 4.79 Å². The van der Waals surface area contributed by atoms with E-state index in [4.69, 9.17) is 0 Å². The Morgan fingerprint density at radius 3 is 2.80 bits per heavy atom. The molecule has 1 aliphatic heterocycles. The van der Waals surface area contributed by atoms with Gasteiger partial charge in [-0.1, -0.05) is 13.8 Å². The van der Waals surface area contributed by atoms with E-state index in [2.05, 4.69) is 5.32 Å². The van der Waals surface area contributed by atoms with Gasteiger partial charge in [0, 0.05) is 18.4 Å². The third-order valence-electron chi connectivity index (χ3n) is 2.21. The minimum Gasteiger partial charge on any atom is -0.316 e. The molecule has 0 aromatic carbocycles. The summed E-state index contributed by atoms with van der Waals surface area (Å²) in [4.78, 5) is 11.3. The number of Topliss-reactive ketones (excluding diaryl/α,β-unsaturated/α-hetero) is 1. The van der Waals surface area contributed by atoms with Crippen molar-refractivity contribution in [2.75, 3.05) is 13.1 Å². The average Bonchev–Trinajstić information content (AvgIpc) is 1.96. The Labute approximate surface area is 62.0 Å². The molecular formula is C8H15NO. The molecule has 1 heterocycles. The molecule has 1 saturated heterocycles. The fourth-order valence-corrected chi connectivity index (χ4v) is 1.21. The van der Waals surface area contributed by atoms with Crippen LogP contribution in [0, 0.1) is 5.41 Å². The number of nitrogens with one attached hydrogen (secondary N) is 1. The highest BCUT2D eigenvalue weighted by Crippen LogP contribution is 2.23. The van der Waals surface area contributed by atoms with Gasteiger partial charge >= 0.3 is 0 Å². The van der Waals surface area contributed by atoms with Crippen molar-refractivity contribution in [3.05, 3.63) is 0 Å². The molecule has 0 aromatic rings. The first-order valence-corrected chi connectivity index (χ1v) is 3.87. The maximum absolute atomic E-state index is 11.3. The van der Waals surface area contributed by atoms with Gasteiger partial charge in [0.2, 0.25) is 0 Å². The van der Waals surface area contributed by atoms with Crippen molar-refractivity contribution >= 4 is 5.78 Å². The van der Waals surface area contributed by atoms with E-state index >= 15 is 0 Å². The quantitative estimate of drug-likeness (QED) is 0.544. The molecule has 0 amide bonds. The monoisotopic (exact) mass is 141 g/mol. The van der Waals surface area contributed by atoms with Crippen LogP contribution >= 0.6 is 0 Å². The standard InChI is InChI=1S/C8H15NO/c1-8(2)4-6-9-5-3-7(8)10/h9H,3-6H2,1-2H3. The third-order valence-corrected chi connectivity index (χ3v) is 2.21. The Morgan fingerprint density at radius 1 is 1.40 bits per heavy atom. The Bertz CT molecular complexity index is 140. The topological polar surface area (TPSA) is 29.1 Å². The van der Waals surface area contributed by atoms with E-state index in [-0.39, 0.29) is 5.41 Å². The molecule has 10 heavy (non-hydrogen) atoms. The molecule has 0 unspecified atom stereocenters. The minimum atomic E-state index is -0.0799. The SMILES string of the molecule is CC1(C)CCNCCC1=O. The number of ketones is 1. The molecular weight excluding hydrogens is 126 g/mol. The van der Waals surface area contributed by atoms with Gasteiger partial charge in [0.25, 0.3) is 0 Å². The molecule has 58 valence electrons. The van der Waals surface area contributed by atoms with Crippen LogP contribution in [0.3, 0.4) is 0 Å². The molecule has 0 aliphatic carbocycles. The second-order valence-corrected chi connectivity index (χ2v) is 3.56. The van der Waals surface area contributed by atoms with Gasteiger partial charge < -0.3 is 5.32 Å². The number of carbonyl (C=O) groups is 1. The van der Waals surface area contributed by atoms with Gasteiger partial charge in [-0.25, -0.2) is 0 Å². The van der Waals surface area contributed by atoms with E-state index in [1.807, 2.05) is 13.8 Å². The molecule has 0 radical (unpaired) electrons. The van der Waals surface area contributed by atoms with E-state index in [9.17, 15) is 4.79 Å². The van der Waals surface area contributed by atoms with Crippen LogP contribution in [-0.4, -0.2) is 18.9 Å². The van der Waals surface area contributed by atoms with E-state index in [0.29, 0.717) is 12.2 Å². The van der Waals surface area contributed by atoms with Crippen molar-refractivity contribution in [1.82, 2.24) is 5.32 Å². The summed E-state index contributed by atoms with van der Waals surface area (Å²) >= 11 is 0. The maximum Gasteiger partial charge on any atom is 0.139 e. The Morgan fingerprint density at radius 2 is 2.10 bits per heavy atom. The fraction of sp³-hybridized carbons (Fsp3) is 0.875. The van der Waals surface area contributed by atoms with Crippen molar-refractivity contribution in [2.24, 2.45) is 5.41 Å². The molecule has 1 N–H and O–H groups in total. The first-order valence-electron chi connectivity index (χ1n) is 3.87. The zero-order valence-corrected chi connectivity index (χ0v) is 6.74. The molecule has 1 aliphatic rings. The second-order valence-electron chi connectivity index (χ2n) is 3.56. The third kappa shape index (κ3) is 1.57. The van der Waals surface area contributed by atoms with Crippen molar-refractivity contribution < 1.29 is 4.79 Å². The highest BCUT2D eigenvalue weighted by atomic mass is 16.1. The normalized spacial score (nSPS) is 26.0. The first-order chi connectivity index (χ1) is 4.63. The highest BCUT2D eigenvalue weighted by molar-refractivity contribution is 5.84. The summed E-state index contributed by atoms with van der Waals surface area (Å²) in [7, 11) is 0. The van der Waals surface area contributed by atoms with Gasteiger partial charge in [0.05, 0.1) is 0 Å². The van der Waals surface area contributed by atoms with Crippen LogP contribution in [0.5, 0.6) is 0 Å². The summed E-state index contributed by atoms with van der Waals surface area (Å²) in [5, 5.41) is 3.21. The molecule has 0 saturated carbocycles. The van der Waals surface area contributed by atoms with Crippen LogP contribution in [0.2, 0.25) is 0 Å².